The summed E-state index contributed by atoms with van der Waals surface area (Å²) in [5.74, 6) is 0.206. The molecule has 0 unspecified atom stereocenters. The predicted octanol–water partition coefficient (Wildman–Crippen LogP) is 3.26. The first kappa shape index (κ1) is 19.3. The highest BCUT2D eigenvalue weighted by Gasteiger charge is 2.26. The van der Waals surface area contributed by atoms with Crippen LogP contribution in [0.3, 0.4) is 0 Å². The molecular formula is C23H19N3O4S. The van der Waals surface area contributed by atoms with Crippen molar-refractivity contribution in [2.75, 3.05) is 6.61 Å². The molecule has 2 aromatic heterocycles. The van der Waals surface area contributed by atoms with Gasteiger partial charge in [-0.25, -0.2) is 8.42 Å². The molecule has 0 radical (unpaired) electrons. The van der Waals surface area contributed by atoms with Crippen molar-refractivity contribution in [2.24, 2.45) is 0 Å². The average Bonchev–Trinajstić information content (AvgIpc) is 3.44. The number of aromatic nitrogens is 2. The monoisotopic (exact) mass is 433 g/mol. The number of H-pyrrole nitrogens is 1. The average molecular weight is 433 g/mol. The van der Waals surface area contributed by atoms with Gasteiger partial charge in [0, 0.05) is 36.3 Å². The topological polar surface area (TPSA) is 101 Å². The second-order valence-corrected chi connectivity index (χ2v) is 9.24. The Morgan fingerprint density at radius 2 is 1.97 bits per heavy atom. The van der Waals surface area contributed by atoms with Crippen molar-refractivity contribution in [1.82, 2.24) is 15.3 Å². The molecule has 156 valence electrons. The Bertz CT molecular complexity index is 1360. The van der Waals surface area contributed by atoms with Crippen LogP contribution < -0.4 is 10.1 Å². The van der Waals surface area contributed by atoms with Gasteiger partial charge in [0.1, 0.15) is 16.3 Å². The Balaban J connectivity index is 1.31. The van der Waals surface area contributed by atoms with E-state index >= 15 is 0 Å². The quantitative estimate of drug-likeness (QED) is 0.503. The normalized spacial score (nSPS) is 13.0. The molecule has 0 saturated heterocycles. The van der Waals surface area contributed by atoms with Gasteiger partial charge in [-0.05, 0) is 41.5 Å². The summed E-state index contributed by atoms with van der Waals surface area (Å²) >= 11 is 0. The Labute approximate surface area is 179 Å². The number of amides is 1. The minimum atomic E-state index is -3.69. The molecule has 4 aromatic rings. The maximum atomic E-state index is 13.1. The molecule has 1 aliphatic rings. The van der Waals surface area contributed by atoms with Crippen molar-refractivity contribution in [2.45, 2.75) is 22.8 Å². The highest BCUT2D eigenvalue weighted by molar-refractivity contribution is 7.91. The van der Waals surface area contributed by atoms with E-state index in [-0.39, 0.29) is 22.2 Å². The lowest BCUT2D eigenvalue weighted by molar-refractivity contribution is 0.0946. The van der Waals surface area contributed by atoms with Crippen molar-refractivity contribution in [3.63, 3.8) is 0 Å². The number of nitrogens with zero attached hydrogens (tertiary/aromatic N) is 1. The number of aromatic amines is 1. The molecule has 2 N–H and O–H groups in total. The molecule has 0 saturated carbocycles. The number of para-hydroxylation sites is 1. The van der Waals surface area contributed by atoms with Crippen LogP contribution in [0.4, 0.5) is 0 Å². The van der Waals surface area contributed by atoms with E-state index in [2.05, 4.69) is 15.3 Å². The van der Waals surface area contributed by atoms with Crippen LogP contribution in [0.25, 0.3) is 10.9 Å². The van der Waals surface area contributed by atoms with Crippen molar-refractivity contribution in [3.8, 4) is 5.75 Å². The molecule has 0 fully saturated rings. The number of nitrogens with one attached hydrogen (secondary N) is 2. The molecule has 31 heavy (non-hydrogen) atoms. The minimum Gasteiger partial charge on any atom is -0.492 e. The fourth-order valence-corrected chi connectivity index (χ4v) is 5.12. The first-order chi connectivity index (χ1) is 15.0. The van der Waals surface area contributed by atoms with Crippen LogP contribution in [-0.2, 0) is 22.8 Å². The van der Waals surface area contributed by atoms with Gasteiger partial charge in [-0.15, -0.1) is 0 Å². The molecule has 5 rings (SSSR count). The lowest BCUT2D eigenvalue weighted by Gasteiger charge is -2.10. The van der Waals surface area contributed by atoms with E-state index in [1.165, 1.54) is 0 Å². The van der Waals surface area contributed by atoms with Gasteiger partial charge in [0.15, 0.2) is 0 Å². The van der Waals surface area contributed by atoms with Crippen LogP contribution in [0.5, 0.6) is 5.75 Å². The summed E-state index contributed by atoms with van der Waals surface area (Å²) in [5.41, 5.74) is 2.99. The second-order valence-electron chi connectivity index (χ2n) is 7.32. The highest BCUT2D eigenvalue weighted by Crippen LogP contribution is 2.35. The molecule has 7 nitrogen and oxygen atoms in total. The SMILES string of the molecule is O=C(NCc1ccc(S(=O)(=O)c2cccc3c2OCC3)cc1)c1cc2cnccc2[nH]1. The zero-order valence-electron chi connectivity index (χ0n) is 16.5. The summed E-state index contributed by atoms with van der Waals surface area (Å²) in [5, 5.41) is 3.70. The lowest BCUT2D eigenvalue weighted by Crippen LogP contribution is -2.23. The maximum Gasteiger partial charge on any atom is 0.267 e. The summed E-state index contributed by atoms with van der Waals surface area (Å²) in [6.45, 7) is 0.768. The number of sulfone groups is 1. The van der Waals surface area contributed by atoms with Gasteiger partial charge >= 0.3 is 0 Å². The number of pyridine rings is 1. The molecule has 0 aliphatic carbocycles. The van der Waals surface area contributed by atoms with Crippen LogP contribution >= 0.6 is 0 Å². The molecule has 3 heterocycles. The van der Waals surface area contributed by atoms with Crippen LogP contribution in [0, 0.1) is 0 Å². The van der Waals surface area contributed by atoms with Crippen LogP contribution in [0.2, 0.25) is 0 Å². The summed E-state index contributed by atoms with van der Waals surface area (Å²) in [4.78, 5) is 19.9. The van der Waals surface area contributed by atoms with E-state index in [1.807, 2.05) is 6.07 Å². The third-order valence-corrected chi connectivity index (χ3v) is 7.11. The first-order valence-electron chi connectivity index (χ1n) is 9.82. The van der Waals surface area contributed by atoms with Gasteiger partial charge < -0.3 is 15.0 Å². The van der Waals surface area contributed by atoms with Crippen LogP contribution in [0.1, 0.15) is 21.6 Å². The molecule has 1 amide bonds. The molecule has 0 bridgehead atoms. The Hall–Kier alpha value is -3.65. The first-order valence-corrected chi connectivity index (χ1v) is 11.3. The zero-order chi connectivity index (χ0) is 21.4. The van der Waals surface area contributed by atoms with Crippen molar-refractivity contribution >= 4 is 26.6 Å². The standard InChI is InChI=1S/C23H19N3O4S/c27-23(20-12-17-14-24-10-8-19(17)26-20)25-13-15-4-6-18(7-5-15)31(28,29)21-3-1-2-16-9-11-30-22(16)21/h1-8,10,12,14,26H,9,11,13H2,(H,25,27). The fourth-order valence-electron chi connectivity index (χ4n) is 3.68. The molecule has 8 heteroatoms. The Morgan fingerprint density at radius 1 is 1.13 bits per heavy atom. The Morgan fingerprint density at radius 3 is 2.77 bits per heavy atom. The third kappa shape index (κ3) is 3.55. The smallest absolute Gasteiger partial charge is 0.267 e. The van der Waals surface area contributed by atoms with Crippen LogP contribution in [-0.4, -0.2) is 30.9 Å². The van der Waals surface area contributed by atoms with Gasteiger partial charge in [0.05, 0.1) is 11.5 Å². The van der Waals surface area contributed by atoms with E-state index in [9.17, 15) is 13.2 Å². The van der Waals surface area contributed by atoms with Crippen LogP contribution in [0.15, 0.2) is 76.8 Å². The largest absolute Gasteiger partial charge is 0.492 e. The van der Waals surface area contributed by atoms with Gasteiger partial charge in [0.2, 0.25) is 9.84 Å². The van der Waals surface area contributed by atoms with Crippen molar-refractivity contribution in [3.05, 3.63) is 83.8 Å². The summed E-state index contributed by atoms with van der Waals surface area (Å²) < 4.78 is 31.7. The number of carbonyl (C=O) groups is 1. The van der Waals surface area contributed by atoms with Gasteiger partial charge in [-0.2, -0.15) is 0 Å². The summed E-state index contributed by atoms with van der Waals surface area (Å²) in [6, 6.07) is 15.3. The second kappa shape index (κ2) is 7.55. The van der Waals surface area contributed by atoms with Crippen molar-refractivity contribution in [1.29, 1.82) is 0 Å². The predicted molar refractivity (Wildman–Crippen MR) is 115 cm³/mol. The lowest BCUT2D eigenvalue weighted by atomic mass is 10.2. The Kier molecular flexibility index (Phi) is 4.71. The maximum absolute atomic E-state index is 13.1. The number of hydrogen-bond donors (Lipinski definition) is 2. The number of benzene rings is 2. The minimum absolute atomic E-state index is 0.189. The molecule has 1 aliphatic heterocycles. The van der Waals surface area contributed by atoms with E-state index < -0.39 is 9.84 Å². The number of fused-ring (bicyclic) bond motifs is 2. The summed E-state index contributed by atoms with van der Waals surface area (Å²) in [6.07, 6.45) is 4.06. The molecule has 2 aromatic carbocycles. The summed E-state index contributed by atoms with van der Waals surface area (Å²) in [7, 11) is -3.69. The molecular weight excluding hydrogens is 414 g/mol. The van der Waals surface area contributed by atoms with Crippen molar-refractivity contribution < 1.29 is 17.9 Å². The molecule has 0 atom stereocenters. The van der Waals surface area contributed by atoms with Gasteiger partial charge in [-0.3, -0.25) is 9.78 Å². The van der Waals surface area contributed by atoms with Gasteiger partial charge in [-0.1, -0.05) is 24.3 Å². The van der Waals surface area contributed by atoms with E-state index in [4.69, 9.17) is 4.74 Å². The highest BCUT2D eigenvalue weighted by atomic mass is 32.2. The van der Waals surface area contributed by atoms with Gasteiger partial charge in [0.25, 0.3) is 5.91 Å². The number of hydrogen-bond acceptors (Lipinski definition) is 5. The fraction of sp³-hybridized carbons (Fsp3) is 0.130. The zero-order valence-corrected chi connectivity index (χ0v) is 17.3. The number of carbonyl (C=O) groups excluding carboxylic acids is 1. The van der Waals surface area contributed by atoms with E-state index in [0.29, 0.717) is 24.5 Å². The van der Waals surface area contributed by atoms with E-state index in [0.717, 1.165) is 22.0 Å². The van der Waals surface area contributed by atoms with E-state index in [1.54, 1.807) is 60.9 Å². The number of ether oxygens (including phenoxy) is 1. The third-order valence-electron chi connectivity index (χ3n) is 5.32. The molecule has 0 spiro atoms. The number of rotatable bonds is 5.